The average Bonchev–Trinajstić information content (AvgIpc) is 3.31. The van der Waals surface area contributed by atoms with Crippen LogP contribution in [0.25, 0.3) is 0 Å². The maximum absolute atomic E-state index is 11.9. The van der Waals surface area contributed by atoms with E-state index < -0.39 is 0 Å². The molecule has 0 atom stereocenters. The molecular weight excluding hydrogens is 294 g/mol. The van der Waals surface area contributed by atoms with Crippen molar-refractivity contribution in [3.05, 3.63) is 18.1 Å². The van der Waals surface area contributed by atoms with Crippen LogP contribution in [0.4, 0.5) is 0 Å². The number of carbonyl (C=O) groups is 1. The molecule has 0 bridgehead atoms. The maximum atomic E-state index is 11.9. The van der Waals surface area contributed by atoms with Crippen molar-refractivity contribution >= 4 is 5.91 Å². The molecule has 1 amide bonds. The van der Waals surface area contributed by atoms with Gasteiger partial charge in [0, 0.05) is 38.1 Å². The summed E-state index contributed by atoms with van der Waals surface area (Å²) in [5, 5.41) is 10.9. The third-order valence-corrected chi connectivity index (χ3v) is 3.35. The minimum Gasteiger partial charge on any atom is -0.478 e. The first-order valence-corrected chi connectivity index (χ1v) is 7.76. The Kier molecular flexibility index (Phi) is 6.03. The Morgan fingerprint density at radius 3 is 2.96 bits per heavy atom. The zero-order valence-corrected chi connectivity index (χ0v) is 13.3. The van der Waals surface area contributed by atoms with Crippen LogP contribution in [0.3, 0.4) is 0 Å². The molecule has 1 aliphatic rings. The molecule has 0 fully saturated rings. The fourth-order valence-electron chi connectivity index (χ4n) is 2.03. The molecule has 0 saturated heterocycles. The summed E-state index contributed by atoms with van der Waals surface area (Å²) in [5.41, 5.74) is -0.371. The second-order valence-electron chi connectivity index (χ2n) is 5.32. The molecule has 2 heterocycles. The lowest BCUT2D eigenvalue weighted by Crippen LogP contribution is -2.30. The van der Waals surface area contributed by atoms with Crippen LogP contribution in [0.15, 0.2) is 22.5 Å². The Morgan fingerprint density at radius 1 is 1.43 bits per heavy atom. The number of ether oxygens (including phenoxy) is 1. The first kappa shape index (κ1) is 16.9. The van der Waals surface area contributed by atoms with E-state index in [1.807, 2.05) is 6.92 Å². The van der Waals surface area contributed by atoms with Crippen molar-refractivity contribution in [2.45, 2.75) is 44.7 Å². The van der Waals surface area contributed by atoms with Gasteiger partial charge in [0.2, 0.25) is 11.8 Å². The van der Waals surface area contributed by atoms with Gasteiger partial charge in [0.15, 0.2) is 5.66 Å². The highest BCUT2D eigenvalue weighted by atomic mass is 16.5. The van der Waals surface area contributed by atoms with Gasteiger partial charge in [-0.25, -0.2) is 4.98 Å². The first-order chi connectivity index (χ1) is 11.2. The van der Waals surface area contributed by atoms with Gasteiger partial charge < -0.3 is 10.1 Å². The number of nitrogens with zero attached hydrogens (tertiary/aromatic N) is 4. The van der Waals surface area contributed by atoms with Crippen molar-refractivity contribution in [3.8, 4) is 18.2 Å². The van der Waals surface area contributed by atoms with Crippen molar-refractivity contribution in [1.82, 2.24) is 15.3 Å². The minimum absolute atomic E-state index is 0.120. The van der Waals surface area contributed by atoms with Crippen LogP contribution in [-0.4, -0.2) is 34.7 Å². The van der Waals surface area contributed by atoms with Crippen molar-refractivity contribution in [3.63, 3.8) is 0 Å². The number of hydrogen-bond donors (Lipinski definition) is 1. The van der Waals surface area contributed by atoms with Gasteiger partial charge in [-0.15, -0.1) is 12.3 Å². The summed E-state index contributed by atoms with van der Waals surface area (Å²) in [5.74, 6) is 3.38. The van der Waals surface area contributed by atoms with Gasteiger partial charge in [0.1, 0.15) is 5.82 Å². The molecule has 122 valence electrons. The molecule has 7 heteroatoms. The van der Waals surface area contributed by atoms with Crippen LogP contribution in [0.1, 0.15) is 38.4 Å². The fourth-order valence-corrected chi connectivity index (χ4v) is 2.03. The van der Waals surface area contributed by atoms with E-state index in [1.165, 1.54) is 0 Å². The molecule has 0 unspecified atom stereocenters. The second kappa shape index (κ2) is 8.22. The Labute approximate surface area is 136 Å². The maximum Gasteiger partial charge on any atom is 0.227 e. The highest BCUT2D eigenvalue weighted by Crippen LogP contribution is 2.35. The van der Waals surface area contributed by atoms with Crippen molar-refractivity contribution < 1.29 is 9.53 Å². The molecule has 0 aliphatic carbocycles. The van der Waals surface area contributed by atoms with Gasteiger partial charge in [0.25, 0.3) is 0 Å². The zero-order chi connectivity index (χ0) is 16.5. The third-order valence-electron chi connectivity index (χ3n) is 3.35. The summed E-state index contributed by atoms with van der Waals surface area (Å²) in [4.78, 5) is 20.2. The Hall–Kier alpha value is -2.49. The van der Waals surface area contributed by atoms with Crippen LogP contribution in [0.2, 0.25) is 0 Å². The van der Waals surface area contributed by atoms with Gasteiger partial charge in [-0.2, -0.15) is 15.2 Å². The molecule has 0 saturated carbocycles. The lowest BCUT2D eigenvalue weighted by Gasteiger charge is -2.10. The van der Waals surface area contributed by atoms with E-state index in [4.69, 9.17) is 11.2 Å². The Bertz CT molecular complexity index is 603. The summed E-state index contributed by atoms with van der Waals surface area (Å²) >= 11 is 0. The molecule has 7 nitrogen and oxygen atoms in total. The van der Waals surface area contributed by atoms with Crippen molar-refractivity contribution in [2.24, 2.45) is 10.2 Å². The van der Waals surface area contributed by atoms with E-state index in [0.717, 1.165) is 12.8 Å². The number of amides is 1. The van der Waals surface area contributed by atoms with Crippen LogP contribution in [0, 0.1) is 12.3 Å². The Balaban J connectivity index is 1.71. The molecule has 0 radical (unpaired) electrons. The van der Waals surface area contributed by atoms with Crippen LogP contribution in [0.5, 0.6) is 5.88 Å². The number of aromatic nitrogens is 2. The quantitative estimate of drug-likeness (QED) is 0.668. The predicted octanol–water partition coefficient (Wildman–Crippen LogP) is 1.89. The molecule has 2 rings (SSSR count). The molecule has 1 N–H and O–H groups in total. The van der Waals surface area contributed by atoms with Gasteiger partial charge in [-0.1, -0.05) is 6.92 Å². The lowest BCUT2D eigenvalue weighted by atomic mass is 10.0. The molecule has 0 aromatic carbocycles. The first-order valence-electron chi connectivity index (χ1n) is 7.76. The smallest absolute Gasteiger partial charge is 0.227 e. The number of terminal acetylenes is 1. The number of carbonyl (C=O) groups excluding carboxylic acids is 1. The van der Waals surface area contributed by atoms with Crippen molar-refractivity contribution in [1.29, 1.82) is 0 Å². The van der Waals surface area contributed by atoms with E-state index in [1.54, 1.807) is 12.3 Å². The third kappa shape index (κ3) is 5.66. The summed E-state index contributed by atoms with van der Waals surface area (Å²) in [6.07, 6.45) is 9.90. The summed E-state index contributed by atoms with van der Waals surface area (Å²) in [6, 6.07) is 1.68. The Morgan fingerprint density at radius 2 is 2.26 bits per heavy atom. The van der Waals surface area contributed by atoms with Gasteiger partial charge in [0.05, 0.1) is 13.0 Å². The minimum atomic E-state index is -0.371. The van der Waals surface area contributed by atoms with Gasteiger partial charge >= 0.3 is 0 Å². The number of hydrogen-bond acceptors (Lipinski definition) is 6. The zero-order valence-electron chi connectivity index (χ0n) is 13.3. The summed E-state index contributed by atoms with van der Waals surface area (Å²) < 4.78 is 5.43. The molecule has 1 aromatic heterocycles. The molecule has 23 heavy (non-hydrogen) atoms. The summed E-state index contributed by atoms with van der Waals surface area (Å²) in [6.45, 7) is 3.11. The van der Waals surface area contributed by atoms with E-state index in [0.29, 0.717) is 37.7 Å². The van der Waals surface area contributed by atoms with Gasteiger partial charge in [-0.05, 0) is 6.42 Å². The highest BCUT2D eigenvalue weighted by molar-refractivity contribution is 5.77. The highest BCUT2D eigenvalue weighted by Gasteiger charge is 2.38. The van der Waals surface area contributed by atoms with E-state index in [9.17, 15) is 4.79 Å². The molecule has 1 aliphatic heterocycles. The standard InChI is InChI=1S/C16H21N5O2/c1-3-5-7-16(20-21-16)8-10-18-14(22)12-13-17-9-6-15(19-13)23-11-4-2/h1,6,9H,4-5,7-8,10-12H2,2H3,(H,18,22). The average molecular weight is 315 g/mol. The number of nitrogens with one attached hydrogen (secondary N) is 1. The van der Waals surface area contributed by atoms with Gasteiger partial charge in [-0.3, -0.25) is 4.79 Å². The SMILES string of the molecule is C#CCCC1(CCNC(=O)Cc2nccc(OCCC)n2)N=N1. The van der Waals surface area contributed by atoms with E-state index in [2.05, 4.69) is 31.4 Å². The lowest BCUT2D eigenvalue weighted by molar-refractivity contribution is -0.120. The van der Waals surface area contributed by atoms with Crippen LogP contribution in [-0.2, 0) is 11.2 Å². The monoisotopic (exact) mass is 315 g/mol. The number of rotatable bonds is 10. The van der Waals surface area contributed by atoms with E-state index in [-0.39, 0.29) is 18.0 Å². The largest absolute Gasteiger partial charge is 0.478 e. The fraction of sp³-hybridized carbons (Fsp3) is 0.562. The second-order valence-corrected chi connectivity index (χ2v) is 5.32. The van der Waals surface area contributed by atoms with Crippen LogP contribution >= 0.6 is 0 Å². The summed E-state index contributed by atoms with van der Waals surface area (Å²) in [7, 11) is 0. The predicted molar refractivity (Wildman–Crippen MR) is 84.8 cm³/mol. The van der Waals surface area contributed by atoms with Crippen LogP contribution < -0.4 is 10.1 Å². The normalized spacial score (nSPS) is 14.1. The van der Waals surface area contributed by atoms with Crippen molar-refractivity contribution in [2.75, 3.05) is 13.2 Å². The topological polar surface area (TPSA) is 88.8 Å². The molecule has 1 aromatic rings. The molecular formula is C16H21N5O2. The molecule has 0 spiro atoms. The van der Waals surface area contributed by atoms with E-state index >= 15 is 0 Å².